The molecule has 0 radical (unpaired) electrons. The molecule has 0 bridgehead atoms. The largest absolute Gasteiger partial charge is 0.388 e. The van der Waals surface area contributed by atoms with E-state index in [0.29, 0.717) is 19.5 Å². The second kappa shape index (κ2) is 8.25. The van der Waals surface area contributed by atoms with Gasteiger partial charge in [-0.3, -0.25) is 4.79 Å². The lowest BCUT2D eigenvalue weighted by Gasteiger charge is -2.34. The highest BCUT2D eigenvalue weighted by atomic mass is 19.1. The number of piperidine rings is 1. The fraction of sp³-hybridized carbons (Fsp3) is 0.474. The first-order valence-corrected chi connectivity index (χ1v) is 8.80. The fourth-order valence-corrected chi connectivity index (χ4v) is 3.39. The van der Waals surface area contributed by atoms with Crippen molar-refractivity contribution in [3.63, 3.8) is 0 Å². The number of imidazole rings is 1. The molecule has 1 saturated heterocycles. The number of rotatable bonds is 6. The predicted octanol–water partition coefficient (Wildman–Crippen LogP) is 2.77. The Morgan fingerprint density at radius 2 is 2.00 bits per heavy atom. The number of aliphatic hydroxyl groups is 1. The first-order chi connectivity index (χ1) is 12.1. The molecule has 1 fully saturated rings. The molecule has 5 nitrogen and oxygen atoms in total. The van der Waals surface area contributed by atoms with Gasteiger partial charge in [-0.2, -0.15) is 0 Å². The molecule has 2 heterocycles. The summed E-state index contributed by atoms with van der Waals surface area (Å²) in [6, 6.07) is 6.01. The highest BCUT2D eigenvalue weighted by Gasteiger charge is 2.28. The molecular weight excluding hydrogens is 321 g/mol. The van der Waals surface area contributed by atoms with E-state index in [1.54, 1.807) is 24.7 Å². The summed E-state index contributed by atoms with van der Waals surface area (Å²) in [5, 5.41) is 10.5. The van der Waals surface area contributed by atoms with Crippen LogP contribution >= 0.6 is 0 Å². The molecule has 0 saturated carbocycles. The number of carbonyl (C=O) groups is 1. The third-order valence-electron chi connectivity index (χ3n) is 4.92. The van der Waals surface area contributed by atoms with Crippen molar-refractivity contribution in [2.75, 3.05) is 13.1 Å². The second-order valence-electron chi connectivity index (χ2n) is 6.62. The van der Waals surface area contributed by atoms with Crippen LogP contribution in [0.3, 0.4) is 0 Å². The van der Waals surface area contributed by atoms with Crippen LogP contribution in [0.2, 0.25) is 0 Å². The van der Waals surface area contributed by atoms with Crippen LogP contribution in [0.15, 0.2) is 43.0 Å². The molecule has 1 unspecified atom stereocenters. The third-order valence-corrected chi connectivity index (χ3v) is 4.92. The average Bonchev–Trinajstić information content (AvgIpc) is 3.15. The number of carbonyl (C=O) groups excluding carboxylic acids is 1. The zero-order valence-corrected chi connectivity index (χ0v) is 14.2. The van der Waals surface area contributed by atoms with Gasteiger partial charge in [0.2, 0.25) is 5.91 Å². The molecule has 1 aliphatic heterocycles. The Morgan fingerprint density at radius 1 is 1.28 bits per heavy atom. The van der Waals surface area contributed by atoms with E-state index in [2.05, 4.69) is 4.98 Å². The number of nitrogens with zero attached hydrogens (tertiary/aromatic N) is 3. The fourth-order valence-electron chi connectivity index (χ4n) is 3.39. The molecule has 1 N–H and O–H groups in total. The number of halogens is 1. The Kier molecular flexibility index (Phi) is 5.81. The first-order valence-electron chi connectivity index (χ1n) is 8.80. The van der Waals surface area contributed by atoms with Crippen LogP contribution in [0.4, 0.5) is 4.39 Å². The van der Waals surface area contributed by atoms with Crippen LogP contribution in [0.25, 0.3) is 0 Å². The number of hydrogen-bond donors (Lipinski definition) is 1. The van der Waals surface area contributed by atoms with Gasteiger partial charge >= 0.3 is 0 Å². The molecular formula is C19H24FN3O2. The maximum absolute atomic E-state index is 13.0. The van der Waals surface area contributed by atoms with E-state index in [-0.39, 0.29) is 17.6 Å². The monoisotopic (exact) mass is 345 g/mol. The maximum Gasteiger partial charge on any atom is 0.222 e. The van der Waals surface area contributed by atoms with Gasteiger partial charge in [-0.25, -0.2) is 9.37 Å². The molecule has 1 aliphatic rings. The van der Waals surface area contributed by atoms with Gasteiger partial charge in [-0.05, 0) is 42.9 Å². The maximum atomic E-state index is 13.0. The van der Waals surface area contributed by atoms with Gasteiger partial charge in [-0.15, -0.1) is 0 Å². The van der Waals surface area contributed by atoms with Crippen molar-refractivity contribution in [3.8, 4) is 0 Å². The number of aryl methyl sites for hydroxylation is 1. The third kappa shape index (κ3) is 4.66. The quantitative estimate of drug-likeness (QED) is 0.876. The lowest BCUT2D eigenvalue weighted by Crippen LogP contribution is -2.39. The Hall–Kier alpha value is -2.21. The minimum Gasteiger partial charge on any atom is -0.388 e. The molecule has 6 heteroatoms. The lowest BCUT2D eigenvalue weighted by molar-refractivity contribution is -0.133. The van der Waals surface area contributed by atoms with E-state index in [4.69, 9.17) is 0 Å². The summed E-state index contributed by atoms with van der Waals surface area (Å²) >= 11 is 0. The standard InChI is InChI=1S/C19H24FN3O2/c20-17-5-3-15(4-6-17)19(25)16-7-11-23(12-8-16)18(24)2-1-10-22-13-9-21-14-22/h3-6,9,13-14,16,19,25H,1-2,7-8,10-12H2. The zero-order chi connectivity index (χ0) is 17.6. The van der Waals surface area contributed by atoms with Crippen molar-refractivity contribution in [1.82, 2.24) is 14.5 Å². The van der Waals surface area contributed by atoms with Gasteiger partial charge in [-0.1, -0.05) is 12.1 Å². The highest BCUT2D eigenvalue weighted by molar-refractivity contribution is 5.76. The summed E-state index contributed by atoms with van der Waals surface area (Å²) in [5.41, 5.74) is 0.742. The van der Waals surface area contributed by atoms with Crippen molar-refractivity contribution >= 4 is 5.91 Å². The number of hydrogen-bond acceptors (Lipinski definition) is 3. The topological polar surface area (TPSA) is 58.4 Å². The van der Waals surface area contributed by atoms with E-state index >= 15 is 0 Å². The van der Waals surface area contributed by atoms with Gasteiger partial charge in [0, 0.05) is 38.4 Å². The Labute approximate surface area is 147 Å². The SMILES string of the molecule is O=C(CCCn1ccnc1)N1CCC(C(O)c2ccc(F)cc2)CC1. The molecule has 3 rings (SSSR count). The lowest BCUT2D eigenvalue weighted by atomic mass is 9.87. The van der Waals surface area contributed by atoms with Crippen molar-refractivity contribution in [2.45, 2.75) is 38.3 Å². The molecule has 25 heavy (non-hydrogen) atoms. The van der Waals surface area contributed by atoms with Crippen molar-refractivity contribution in [3.05, 3.63) is 54.4 Å². The molecule has 1 atom stereocenters. The van der Waals surface area contributed by atoms with Crippen LogP contribution in [-0.2, 0) is 11.3 Å². The first kappa shape index (κ1) is 17.6. The van der Waals surface area contributed by atoms with Crippen molar-refractivity contribution in [1.29, 1.82) is 0 Å². The number of benzene rings is 1. The highest BCUT2D eigenvalue weighted by Crippen LogP contribution is 2.31. The van der Waals surface area contributed by atoms with Crippen molar-refractivity contribution < 1.29 is 14.3 Å². The van der Waals surface area contributed by atoms with Gasteiger partial charge in [0.25, 0.3) is 0 Å². The van der Waals surface area contributed by atoms with Crippen molar-refractivity contribution in [2.24, 2.45) is 5.92 Å². The molecule has 0 aliphatic carbocycles. The van der Waals surface area contributed by atoms with Crippen LogP contribution in [0, 0.1) is 11.7 Å². The van der Waals surface area contributed by atoms with E-state index in [9.17, 15) is 14.3 Å². The second-order valence-corrected chi connectivity index (χ2v) is 6.62. The Balaban J connectivity index is 1.43. The summed E-state index contributed by atoms with van der Waals surface area (Å²) in [6.45, 7) is 2.14. The zero-order valence-electron chi connectivity index (χ0n) is 14.2. The Bertz CT molecular complexity index is 664. The molecule has 0 spiro atoms. The molecule has 134 valence electrons. The van der Waals surface area contributed by atoms with Gasteiger partial charge in [0.1, 0.15) is 5.82 Å². The molecule has 2 aromatic rings. The number of likely N-dealkylation sites (tertiary alicyclic amines) is 1. The minimum atomic E-state index is -0.598. The van der Waals surface area contributed by atoms with Crippen LogP contribution in [-0.4, -0.2) is 38.6 Å². The van der Waals surface area contributed by atoms with Crippen LogP contribution < -0.4 is 0 Å². The van der Waals surface area contributed by atoms with E-state index in [1.807, 2.05) is 15.7 Å². The average molecular weight is 345 g/mol. The van der Waals surface area contributed by atoms with E-state index in [0.717, 1.165) is 31.4 Å². The number of aliphatic hydroxyl groups excluding tert-OH is 1. The van der Waals surface area contributed by atoms with Gasteiger partial charge in [0.15, 0.2) is 0 Å². The Morgan fingerprint density at radius 3 is 2.64 bits per heavy atom. The summed E-state index contributed by atoms with van der Waals surface area (Å²) < 4.78 is 15.0. The summed E-state index contributed by atoms with van der Waals surface area (Å²) in [4.78, 5) is 18.2. The summed E-state index contributed by atoms with van der Waals surface area (Å²) in [7, 11) is 0. The number of aromatic nitrogens is 2. The molecule has 1 aromatic carbocycles. The number of amides is 1. The van der Waals surface area contributed by atoms with Crippen LogP contribution in [0.5, 0.6) is 0 Å². The molecule has 1 aromatic heterocycles. The van der Waals surface area contributed by atoms with E-state index in [1.165, 1.54) is 12.1 Å². The minimum absolute atomic E-state index is 0.112. The van der Waals surface area contributed by atoms with Gasteiger partial charge in [0.05, 0.1) is 12.4 Å². The van der Waals surface area contributed by atoms with E-state index < -0.39 is 6.10 Å². The molecule has 1 amide bonds. The smallest absolute Gasteiger partial charge is 0.222 e. The predicted molar refractivity (Wildman–Crippen MR) is 92.1 cm³/mol. The summed E-state index contributed by atoms with van der Waals surface area (Å²) in [6.07, 6.45) is 7.66. The van der Waals surface area contributed by atoms with Gasteiger partial charge < -0.3 is 14.6 Å². The summed E-state index contributed by atoms with van der Waals surface area (Å²) in [5.74, 6) is -0.0117. The van der Waals surface area contributed by atoms with Crippen LogP contribution in [0.1, 0.15) is 37.4 Å². The normalized spacial score (nSPS) is 16.8.